The first-order chi connectivity index (χ1) is 9.08. The number of fused-ring (bicyclic) bond motifs is 1. The lowest BCUT2D eigenvalue weighted by atomic mass is 10.1. The molecule has 0 spiro atoms. The van der Waals surface area contributed by atoms with Gasteiger partial charge < -0.3 is 4.74 Å². The van der Waals surface area contributed by atoms with Gasteiger partial charge in [-0.2, -0.15) is 10.1 Å². The molecule has 0 amide bonds. The number of rotatable bonds is 1. The molecule has 0 aromatic heterocycles. The van der Waals surface area contributed by atoms with Crippen molar-refractivity contribution in [2.75, 3.05) is 13.2 Å². The summed E-state index contributed by atoms with van der Waals surface area (Å²) in [6.45, 7) is 1.23. The van der Waals surface area contributed by atoms with E-state index in [4.69, 9.17) is 4.74 Å². The van der Waals surface area contributed by atoms with E-state index < -0.39 is 11.2 Å². The summed E-state index contributed by atoms with van der Waals surface area (Å²) in [7, 11) is 3.03. The molecular weight excluding hydrogens is 250 g/mol. The Kier molecular flexibility index (Phi) is 2.67. The molecule has 0 bridgehead atoms. The van der Waals surface area contributed by atoms with Crippen LogP contribution >= 0.6 is 0 Å². The van der Waals surface area contributed by atoms with Crippen molar-refractivity contribution in [3.8, 4) is 11.5 Å². The number of hydrogen-bond acceptors (Lipinski definition) is 6. The SMILES string of the molecule is Cn1nc(C2CCOC2)nc2c(=O)n(C)c(=O)nc1-2. The molecule has 0 radical (unpaired) electrons. The maximum absolute atomic E-state index is 12.1. The summed E-state index contributed by atoms with van der Waals surface area (Å²) in [5.74, 6) is 0.855. The van der Waals surface area contributed by atoms with Crippen LogP contribution in [0.15, 0.2) is 9.59 Å². The minimum absolute atomic E-state index is 0.0900. The lowest BCUT2D eigenvalue weighted by Gasteiger charge is -2.13. The van der Waals surface area contributed by atoms with Crippen molar-refractivity contribution < 1.29 is 4.74 Å². The predicted octanol–water partition coefficient (Wildman–Crippen LogP) is -1.12. The van der Waals surface area contributed by atoms with E-state index in [2.05, 4.69) is 15.1 Å². The van der Waals surface area contributed by atoms with Crippen molar-refractivity contribution >= 4 is 0 Å². The standard InChI is InChI=1S/C11H13N5O3/c1-15-10(17)7-9(13-11(15)18)16(2)14-8(12-7)6-3-4-19-5-6/h6H,3-5H2,1-2H3. The molecule has 1 atom stereocenters. The van der Waals surface area contributed by atoms with Gasteiger partial charge in [0.05, 0.1) is 6.61 Å². The average molecular weight is 263 g/mol. The van der Waals surface area contributed by atoms with Gasteiger partial charge in [0.15, 0.2) is 17.3 Å². The Morgan fingerprint density at radius 2 is 2.05 bits per heavy atom. The Labute approximate surface area is 108 Å². The monoisotopic (exact) mass is 263 g/mol. The molecule has 0 aliphatic carbocycles. The molecule has 1 saturated heterocycles. The van der Waals surface area contributed by atoms with Gasteiger partial charge >= 0.3 is 5.69 Å². The average Bonchev–Trinajstić information content (AvgIpc) is 2.91. The van der Waals surface area contributed by atoms with E-state index in [1.54, 1.807) is 7.05 Å². The van der Waals surface area contributed by atoms with Crippen LogP contribution in [0.5, 0.6) is 0 Å². The molecule has 0 N–H and O–H groups in total. The summed E-state index contributed by atoms with van der Waals surface area (Å²) in [5, 5.41) is 4.27. The highest BCUT2D eigenvalue weighted by molar-refractivity contribution is 5.47. The Hall–Kier alpha value is -2.09. The molecule has 3 rings (SSSR count). The topological polar surface area (TPSA) is 91.9 Å². The van der Waals surface area contributed by atoms with E-state index >= 15 is 0 Å². The molecule has 3 heterocycles. The summed E-state index contributed by atoms with van der Waals surface area (Å²) in [6, 6.07) is 0. The van der Waals surface area contributed by atoms with Crippen LogP contribution < -0.4 is 11.2 Å². The highest BCUT2D eigenvalue weighted by atomic mass is 16.5. The summed E-state index contributed by atoms with van der Waals surface area (Å²) >= 11 is 0. The Morgan fingerprint density at radius 1 is 1.26 bits per heavy atom. The molecule has 1 unspecified atom stereocenters. The van der Waals surface area contributed by atoms with E-state index in [1.807, 2.05) is 0 Å². The van der Waals surface area contributed by atoms with Crippen molar-refractivity contribution in [1.82, 2.24) is 24.3 Å². The largest absolute Gasteiger partial charge is 0.381 e. The van der Waals surface area contributed by atoms with Crippen LogP contribution in [0.1, 0.15) is 18.2 Å². The van der Waals surface area contributed by atoms with Crippen LogP contribution in [0, 0.1) is 0 Å². The summed E-state index contributed by atoms with van der Waals surface area (Å²) in [6.07, 6.45) is 0.832. The second-order valence-electron chi connectivity index (χ2n) is 4.58. The lowest BCUT2D eigenvalue weighted by molar-refractivity contribution is 0.193. The normalized spacial score (nSPS) is 19.2. The molecule has 0 saturated carbocycles. The third-order valence-electron chi connectivity index (χ3n) is 3.29. The van der Waals surface area contributed by atoms with Crippen LogP contribution in [0.3, 0.4) is 0 Å². The number of aromatic nitrogens is 5. The number of aryl methyl sites for hydroxylation is 1. The highest BCUT2D eigenvalue weighted by Gasteiger charge is 2.25. The first kappa shape index (κ1) is 12.0. The van der Waals surface area contributed by atoms with E-state index in [-0.39, 0.29) is 17.4 Å². The van der Waals surface area contributed by atoms with E-state index in [9.17, 15) is 9.59 Å². The van der Waals surface area contributed by atoms with Crippen molar-refractivity contribution in [2.24, 2.45) is 14.1 Å². The molecule has 0 aromatic rings. The Bertz CT molecular complexity index is 714. The van der Waals surface area contributed by atoms with Crippen molar-refractivity contribution in [3.05, 3.63) is 26.7 Å². The second-order valence-corrected chi connectivity index (χ2v) is 4.58. The second kappa shape index (κ2) is 4.23. The van der Waals surface area contributed by atoms with Crippen LogP contribution in [0.2, 0.25) is 0 Å². The fourth-order valence-corrected chi connectivity index (χ4v) is 2.13. The zero-order chi connectivity index (χ0) is 13.6. The molecule has 8 heteroatoms. The number of ether oxygens (including phenoxy) is 1. The Balaban J connectivity index is 2.27. The van der Waals surface area contributed by atoms with Crippen LogP contribution in [-0.4, -0.2) is 37.5 Å². The van der Waals surface area contributed by atoms with Crippen LogP contribution in [-0.2, 0) is 18.8 Å². The first-order valence-corrected chi connectivity index (χ1v) is 5.97. The van der Waals surface area contributed by atoms with Gasteiger partial charge in [-0.25, -0.2) is 14.5 Å². The van der Waals surface area contributed by atoms with Gasteiger partial charge in [0.25, 0.3) is 5.56 Å². The molecule has 3 aliphatic heterocycles. The van der Waals surface area contributed by atoms with E-state index in [0.717, 1.165) is 11.0 Å². The third-order valence-corrected chi connectivity index (χ3v) is 3.29. The fourth-order valence-electron chi connectivity index (χ4n) is 2.13. The predicted molar refractivity (Wildman–Crippen MR) is 65.1 cm³/mol. The van der Waals surface area contributed by atoms with Crippen molar-refractivity contribution in [1.29, 1.82) is 0 Å². The van der Waals surface area contributed by atoms with Crippen LogP contribution in [0.25, 0.3) is 11.5 Å². The molecule has 0 aromatic carbocycles. The fraction of sp³-hybridized carbons (Fsp3) is 0.545. The van der Waals surface area contributed by atoms with Crippen LogP contribution in [0.4, 0.5) is 0 Å². The van der Waals surface area contributed by atoms with Gasteiger partial charge in [-0.1, -0.05) is 0 Å². The zero-order valence-corrected chi connectivity index (χ0v) is 10.7. The quantitative estimate of drug-likeness (QED) is 0.647. The number of hydrogen-bond donors (Lipinski definition) is 0. The number of nitrogens with zero attached hydrogens (tertiary/aromatic N) is 5. The minimum atomic E-state index is -0.603. The summed E-state index contributed by atoms with van der Waals surface area (Å²) in [5.41, 5.74) is -0.886. The van der Waals surface area contributed by atoms with Gasteiger partial charge in [0, 0.05) is 26.6 Å². The van der Waals surface area contributed by atoms with Crippen molar-refractivity contribution in [3.63, 3.8) is 0 Å². The molecule has 3 aliphatic rings. The molecular formula is C11H13N5O3. The summed E-state index contributed by atoms with van der Waals surface area (Å²) < 4.78 is 7.68. The minimum Gasteiger partial charge on any atom is -0.381 e. The zero-order valence-electron chi connectivity index (χ0n) is 10.7. The summed E-state index contributed by atoms with van der Waals surface area (Å²) in [4.78, 5) is 31.7. The molecule has 8 nitrogen and oxygen atoms in total. The van der Waals surface area contributed by atoms with Crippen molar-refractivity contribution in [2.45, 2.75) is 12.3 Å². The van der Waals surface area contributed by atoms with Gasteiger partial charge in [-0.3, -0.25) is 9.36 Å². The van der Waals surface area contributed by atoms with Gasteiger partial charge in [0.1, 0.15) is 0 Å². The van der Waals surface area contributed by atoms with Gasteiger partial charge in [-0.05, 0) is 6.42 Å². The Morgan fingerprint density at radius 3 is 2.74 bits per heavy atom. The lowest BCUT2D eigenvalue weighted by Crippen LogP contribution is -2.37. The van der Waals surface area contributed by atoms with Gasteiger partial charge in [0.2, 0.25) is 0 Å². The third kappa shape index (κ3) is 1.84. The van der Waals surface area contributed by atoms with Gasteiger partial charge in [-0.15, -0.1) is 0 Å². The van der Waals surface area contributed by atoms with E-state index in [0.29, 0.717) is 19.0 Å². The first-order valence-electron chi connectivity index (χ1n) is 5.97. The molecule has 1 fully saturated rings. The molecule has 19 heavy (non-hydrogen) atoms. The molecule has 100 valence electrons. The van der Waals surface area contributed by atoms with E-state index in [1.165, 1.54) is 11.7 Å². The highest BCUT2D eigenvalue weighted by Crippen LogP contribution is 2.23. The smallest absolute Gasteiger partial charge is 0.352 e. The maximum Gasteiger partial charge on any atom is 0.352 e. The maximum atomic E-state index is 12.1.